The zero-order valence-corrected chi connectivity index (χ0v) is 22.7. The van der Waals surface area contributed by atoms with Crippen LogP contribution in [0.15, 0.2) is 84.9 Å². The molecular weight excluding hydrogens is 548 g/mol. The van der Waals surface area contributed by atoms with Crippen LogP contribution in [0.1, 0.15) is 36.1 Å². The number of halogens is 5. The summed E-state index contributed by atoms with van der Waals surface area (Å²) < 4.78 is 41.5. The van der Waals surface area contributed by atoms with Gasteiger partial charge in [0.2, 0.25) is 5.91 Å². The number of fused-ring (bicyclic) bond motifs is 1. The van der Waals surface area contributed by atoms with Crippen molar-refractivity contribution in [2.45, 2.75) is 38.8 Å². The Morgan fingerprint density at radius 3 is 2.28 bits per heavy atom. The Labute approximate surface area is 235 Å². The highest BCUT2D eigenvalue weighted by Crippen LogP contribution is 2.26. The van der Waals surface area contributed by atoms with Crippen LogP contribution in [-0.4, -0.2) is 23.7 Å². The fraction of sp³-hybridized carbons (Fsp3) is 0.233. The van der Waals surface area contributed by atoms with E-state index in [1.807, 2.05) is 18.2 Å². The highest BCUT2D eigenvalue weighted by Gasteiger charge is 2.31. The van der Waals surface area contributed by atoms with E-state index >= 15 is 0 Å². The van der Waals surface area contributed by atoms with Gasteiger partial charge in [-0.25, -0.2) is 0 Å². The zero-order chi connectivity index (χ0) is 28.0. The molecule has 0 saturated carbocycles. The summed E-state index contributed by atoms with van der Waals surface area (Å²) in [5.74, 6) is -0.436. The summed E-state index contributed by atoms with van der Waals surface area (Å²) in [5, 5.41) is 6.53. The Kier molecular flexibility index (Phi) is 9.38. The summed E-state index contributed by atoms with van der Waals surface area (Å²) in [4.78, 5) is 15.0. The Morgan fingerprint density at radius 1 is 0.897 bits per heavy atom. The van der Waals surface area contributed by atoms with Gasteiger partial charge in [-0.15, -0.1) is 13.2 Å². The molecule has 204 valence electrons. The molecule has 4 nitrogen and oxygen atoms in total. The van der Waals surface area contributed by atoms with Crippen molar-refractivity contribution in [3.63, 3.8) is 0 Å². The van der Waals surface area contributed by atoms with Crippen molar-refractivity contribution in [3.05, 3.63) is 112 Å². The van der Waals surface area contributed by atoms with Crippen LogP contribution in [0.25, 0.3) is 10.8 Å². The number of amides is 1. The van der Waals surface area contributed by atoms with Gasteiger partial charge < -0.3 is 15.0 Å². The number of hydrogen-bond acceptors (Lipinski definition) is 3. The maximum Gasteiger partial charge on any atom is 0.573 e. The van der Waals surface area contributed by atoms with Crippen LogP contribution < -0.4 is 10.1 Å². The van der Waals surface area contributed by atoms with E-state index in [2.05, 4.69) is 41.2 Å². The quantitative estimate of drug-likeness (QED) is 0.207. The largest absolute Gasteiger partial charge is 0.573 e. The van der Waals surface area contributed by atoms with Gasteiger partial charge in [0.25, 0.3) is 0 Å². The van der Waals surface area contributed by atoms with Gasteiger partial charge in [0.15, 0.2) is 0 Å². The summed E-state index contributed by atoms with van der Waals surface area (Å²) in [6.45, 7) is 2.96. The lowest BCUT2D eigenvalue weighted by Crippen LogP contribution is -2.33. The minimum Gasteiger partial charge on any atom is -0.406 e. The molecule has 4 aromatic rings. The van der Waals surface area contributed by atoms with E-state index < -0.39 is 6.36 Å². The number of alkyl halides is 3. The van der Waals surface area contributed by atoms with Gasteiger partial charge in [0, 0.05) is 32.1 Å². The number of benzene rings is 4. The van der Waals surface area contributed by atoms with Crippen LogP contribution in [-0.2, 0) is 17.9 Å². The van der Waals surface area contributed by atoms with E-state index in [9.17, 15) is 18.0 Å². The Morgan fingerprint density at radius 2 is 1.56 bits per heavy atom. The summed E-state index contributed by atoms with van der Waals surface area (Å²) in [5.41, 5.74) is 2.59. The van der Waals surface area contributed by atoms with E-state index in [0.29, 0.717) is 22.2 Å². The number of ether oxygens (including phenoxy) is 1. The molecule has 0 heterocycles. The molecule has 4 rings (SSSR count). The molecule has 0 spiro atoms. The topological polar surface area (TPSA) is 41.6 Å². The first-order valence-electron chi connectivity index (χ1n) is 12.4. The molecule has 1 amide bonds. The first-order valence-corrected chi connectivity index (χ1v) is 13.1. The predicted octanol–water partition coefficient (Wildman–Crippen LogP) is 8.31. The van der Waals surface area contributed by atoms with Gasteiger partial charge in [0.1, 0.15) is 5.75 Å². The maximum atomic E-state index is 13.3. The van der Waals surface area contributed by atoms with Crippen molar-refractivity contribution < 1.29 is 22.7 Å². The number of hydrogen-bond donors (Lipinski definition) is 1. The second kappa shape index (κ2) is 12.7. The molecule has 0 aliphatic heterocycles. The van der Waals surface area contributed by atoms with E-state index in [1.165, 1.54) is 24.3 Å². The minimum atomic E-state index is -4.77. The number of nitrogens with one attached hydrogen (secondary N) is 1. The SMILES string of the molecule is C[C@@H](NCCC(=O)N(Cc1ccc(OC(F)(F)F)cc1)Cc1ccc(Cl)c(Cl)c1)c1cccc2ccccc12. The van der Waals surface area contributed by atoms with Gasteiger partial charge in [-0.1, -0.05) is 83.9 Å². The zero-order valence-electron chi connectivity index (χ0n) is 21.1. The van der Waals surface area contributed by atoms with Crippen molar-refractivity contribution in [1.29, 1.82) is 0 Å². The minimum absolute atomic E-state index is 0.0219. The van der Waals surface area contributed by atoms with Crippen molar-refractivity contribution >= 4 is 39.9 Å². The van der Waals surface area contributed by atoms with Crippen LogP contribution in [0.3, 0.4) is 0 Å². The Bertz CT molecular complexity index is 1420. The molecular formula is C30H27Cl2F3N2O2. The van der Waals surface area contributed by atoms with Crippen LogP contribution >= 0.6 is 23.2 Å². The highest BCUT2D eigenvalue weighted by molar-refractivity contribution is 6.42. The lowest BCUT2D eigenvalue weighted by Gasteiger charge is -2.24. The molecule has 0 fully saturated rings. The molecule has 0 aliphatic rings. The standard InChI is InChI=1S/C30H27Cl2F3N2O2/c1-20(25-8-4-6-23-5-2-3-7-26(23)25)36-16-15-29(38)37(19-22-11-14-27(31)28(32)17-22)18-21-9-12-24(13-10-21)39-30(33,34)35/h2-14,17,20,36H,15-16,18-19H2,1H3/t20-/m1/s1. The fourth-order valence-corrected chi connectivity index (χ4v) is 4.72. The third-order valence-corrected chi connectivity index (χ3v) is 7.06. The molecule has 1 N–H and O–H groups in total. The molecule has 0 aliphatic carbocycles. The van der Waals surface area contributed by atoms with Gasteiger partial charge in [-0.3, -0.25) is 4.79 Å². The summed E-state index contributed by atoms with van der Waals surface area (Å²) in [6, 6.07) is 25.0. The van der Waals surface area contributed by atoms with Crippen molar-refractivity contribution in [2.24, 2.45) is 0 Å². The van der Waals surface area contributed by atoms with Crippen LogP contribution in [0.5, 0.6) is 5.75 Å². The van der Waals surface area contributed by atoms with Crippen LogP contribution in [0.4, 0.5) is 13.2 Å². The number of nitrogens with zero attached hydrogens (tertiary/aromatic N) is 1. The molecule has 1 atom stereocenters. The predicted molar refractivity (Wildman–Crippen MR) is 149 cm³/mol. The van der Waals surface area contributed by atoms with Gasteiger partial charge in [0.05, 0.1) is 10.0 Å². The Balaban J connectivity index is 1.44. The van der Waals surface area contributed by atoms with Crippen LogP contribution in [0, 0.1) is 0 Å². The first-order chi connectivity index (χ1) is 18.6. The van der Waals surface area contributed by atoms with Crippen molar-refractivity contribution in [2.75, 3.05) is 6.54 Å². The van der Waals surface area contributed by atoms with Gasteiger partial charge >= 0.3 is 6.36 Å². The van der Waals surface area contributed by atoms with Gasteiger partial charge in [-0.2, -0.15) is 0 Å². The molecule has 4 aromatic carbocycles. The summed E-state index contributed by atoms with van der Waals surface area (Å²) >= 11 is 12.2. The maximum absolute atomic E-state index is 13.3. The molecule has 0 radical (unpaired) electrons. The fourth-order valence-electron chi connectivity index (χ4n) is 4.40. The van der Waals surface area contributed by atoms with Crippen molar-refractivity contribution in [1.82, 2.24) is 10.2 Å². The molecule has 9 heteroatoms. The normalized spacial score (nSPS) is 12.4. The molecule has 0 saturated heterocycles. The lowest BCUT2D eigenvalue weighted by atomic mass is 9.99. The monoisotopic (exact) mass is 574 g/mol. The summed E-state index contributed by atoms with van der Waals surface area (Å²) in [6.07, 6.45) is -4.54. The number of carbonyl (C=O) groups excluding carboxylic acids is 1. The van der Waals surface area contributed by atoms with E-state index in [-0.39, 0.29) is 37.2 Å². The third kappa shape index (κ3) is 8.12. The second-order valence-corrected chi connectivity index (χ2v) is 10.00. The number of rotatable bonds is 10. The lowest BCUT2D eigenvalue weighted by molar-refractivity contribution is -0.274. The second-order valence-electron chi connectivity index (χ2n) is 9.18. The van der Waals surface area contributed by atoms with E-state index in [4.69, 9.17) is 23.2 Å². The summed E-state index contributed by atoms with van der Waals surface area (Å²) in [7, 11) is 0. The average Bonchev–Trinajstić information content (AvgIpc) is 2.90. The molecule has 0 aromatic heterocycles. The van der Waals surface area contributed by atoms with Crippen molar-refractivity contribution in [3.8, 4) is 5.75 Å². The highest BCUT2D eigenvalue weighted by atomic mass is 35.5. The molecule has 39 heavy (non-hydrogen) atoms. The smallest absolute Gasteiger partial charge is 0.406 e. The number of carbonyl (C=O) groups is 1. The van der Waals surface area contributed by atoms with E-state index in [1.54, 1.807) is 23.1 Å². The first kappa shape index (κ1) is 28.7. The van der Waals surface area contributed by atoms with Crippen LogP contribution in [0.2, 0.25) is 10.0 Å². The molecule has 0 unspecified atom stereocenters. The Hall–Kier alpha value is -3.26. The molecule has 0 bridgehead atoms. The van der Waals surface area contributed by atoms with Gasteiger partial charge in [-0.05, 0) is 58.7 Å². The third-order valence-electron chi connectivity index (χ3n) is 6.32. The average molecular weight is 575 g/mol. The van der Waals surface area contributed by atoms with E-state index in [0.717, 1.165) is 21.9 Å².